The Morgan fingerprint density at radius 3 is 2.73 bits per heavy atom. The van der Waals surface area contributed by atoms with E-state index in [0.717, 1.165) is 12.1 Å². The van der Waals surface area contributed by atoms with Crippen LogP contribution in [0.4, 0.5) is 0 Å². The van der Waals surface area contributed by atoms with Crippen molar-refractivity contribution in [3.63, 3.8) is 0 Å². The van der Waals surface area contributed by atoms with Gasteiger partial charge in [-0.15, -0.1) is 0 Å². The molecule has 0 radical (unpaired) electrons. The third-order valence-electron chi connectivity index (χ3n) is 1.45. The van der Waals surface area contributed by atoms with Crippen LogP contribution in [0.25, 0.3) is 0 Å². The minimum Gasteiger partial charge on any atom is -0.382 e. The Morgan fingerprint density at radius 2 is 2.18 bits per heavy atom. The second kappa shape index (κ2) is 7.21. The molecule has 0 unspecified atom stereocenters. The van der Waals surface area contributed by atoms with Gasteiger partial charge in [0.05, 0.1) is 5.70 Å². The molecule has 11 heavy (non-hydrogen) atoms. The van der Waals surface area contributed by atoms with Crippen molar-refractivity contribution in [2.45, 2.75) is 32.6 Å². The van der Waals surface area contributed by atoms with Gasteiger partial charge in [0.1, 0.15) is 0 Å². The summed E-state index contributed by atoms with van der Waals surface area (Å²) in [6, 6.07) is 0. The van der Waals surface area contributed by atoms with E-state index in [-0.39, 0.29) is 0 Å². The minimum absolute atomic E-state index is 0.807. The van der Waals surface area contributed by atoms with Gasteiger partial charge >= 0.3 is 0 Å². The fraction of sp³-hybridized carbons (Fsp3) is 0.600. The molecule has 0 aromatic heterocycles. The summed E-state index contributed by atoms with van der Waals surface area (Å²) < 4.78 is 0. The van der Waals surface area contributed by atoms with Gasteiger partial charge in [-0.25, -0.2) is 0 Å². The molecule has 0 heterocycles. The van der Waals surface area contributed by atoms with Crippen LogP contribution in [-0.4, -0.2) is 7.05 Å². The molecule has 62 valence electrons. The summed E-state index contributed by atoms with van der Waals surface area (Å²) in [5.74, 6) is 5.99. The average molecular weight is 151 g/mol. The summed E-state index contributed by atoms with van der Waals surface area (Å²) in [7, 11) is 1.84. The molecule has 0 bridgehead atoms. The Balaban J connectivity index is 3.32. The molecule has 0 amide bonds. The van der Waals surface area contributed by atoms with Crippen LogP contribution in [0, 0.1) is 11.8 Å². The monoisotopic (exact) mass is 151 g/mol. The fourth-order valence-corrected chi connectivity index (χ4v) is 0.695. The van der Waals surface area contributed by atoms with E-state index in [2.05, 4.69) is 30.7 Å². The number of unbranched alkanes of at least 4 members (excludes halogenated alkanes) is 3. The molecule has 0 aromatic carbocycles. The Labute approximate surface area is 69.9 Å². The van der Waals surface area contributed by atoms with E-state index >= 15 is 0 Å². The predicted octanol–water partition coefficient (Wildman–Crippen LogP) is 2.30. The highest BCUT2D eigenvalue weighted by Crippen LogP contribution is 1.96. The molecule has 0 spiro atoms. The van der Waals surface area contributed by atoms with Crippen molar-refractivity contribution in [2.24, 2.45) is 0 Å². The van der Waals surface area contributed by atoms with Crippen molar-refractivity contribution in [2.75, 3.05) is 7.05 Å². The van der Waals surface area contributed by atoms with Gasteiger partial charge in [-0.2, -0.15) is 0 Å². The first-order valence-electron chi connectivity index (χ1n) is 4.16. The number of hydrogen-bond donors (Lipinski definition) is 1. The highest BCUT2D eigenvalue weighted by molar-refractivity contribution is 5.23. The number of rotatable bonds is 4. The van der Waals surface area contributed by atoms with E-state index < -0.39 is 0 Å². The van der Waals surface area contributed by atoms with Crippen LogP contribution in [0.1, 0.15) is 32.6 Å². The third-order valence-corrected chi connectivity index (χ3v) is 1.45. The van der Waals surface area contributed by atoms with Gasteiger partial charge in [0.25, 0.3) is 0 Å². The lowest BCUT2D eigenvalue weighted by Crippen LogP contribution is -2.00. The van der Waals surface area contributed by atoms with Crippen LogP contribution in [0.5, 0.6) is 0 Å². The van der Waals surface area contributed by atoms with Gasteiger partial charge in [-0.1, -0.05) is 38.2 Å². The topological polar surface area (TPSA) is 12.0 Å². The molecule has 0 aliphatic heterocycles. The van der Waals surface area contributed by atoms with E-state index in [1.807, 2.05) is 7.05 Å². The predicted molar refractivity (Wildman–Crippen MR) is 50.1 cm³/mol. The quantitative estimate of drug-likeness (QED) is 0.480. The molecule has 1 nitrogen and oxygen atoms in total. The maximum atomic E-state index is 3.71. The van der Waals surface area contributed by atoms with Crippen LogP contribution >= 0.6 is 0 Å². The molecule has 0 rings (SSSR count). The lowest BCUT2D eigenvalue weighted by Gasteiger charge is -1.91. The van der Waals surface area contributed by atoms with Crippen molar-refractivity contribution < 1.29 is 0 Å². The zero-order chi connectivity index (χ0) is 8.53. The average Bonchev–Trinajstić information content (AvgIpc) is 2.04. The van der Waals surface area contributed by atoms with Gasteiger partial charge in [-0.05, 0) is 6.42 Å². The largest absolute Gasteiger partial charge is 0.382 e. The first-order valence-corrected chi connectivity index (χ1v) is 4.16. The lowest BCUT2D eigenvalue weighted by atomic mass is 10.2. The third kappa shape index (κ3) is 6.99. The molecule has 0 aliphatic carbocycles. The molecule has 0 fully saturated rings. The zero-order valence-corrected chi connectivity index (χ0v) is 7.54. The number of allylic oxidation sites excluding steroid dienone is 1. The standard InChI is InChI=1S/C10H17N/c1-4-5-6-7-8-9-10(2)11-3/h11H,2,4-7H2,1,3H3. The molecule has 0 aliphatic rings. The molecule has 1 N–H and O–H groups in total. The van der Waals surface area contributed by atoms with Gasteiger partial charge < -0.3 is 5.32 Å². The first kappa shape index (κ1) is 10.1. The molecular formula is C10H17N. The van der Waals surface area contributed by atoms with E-state index in [9.17, 15) is 0 Å². The summed E-state index contributed by atoms with van der Waals surface area (Å²) in [4.78, 5) is 0. The number of hydrogen-bond acceptors (Lipinski definition) is 1. The van der Waals surface area contributed by atoms with E-state index in [0.29, 0.717) is 0 Å². The highest BCUT2D eigenvalue weighted by atomic mass is 14.8. The second-order valence-corrected chi connectivity index (χ2v) is 2.49. The van der Waals surface area contributed by atoms with Gasteiger partial charge in [-0.3, -0.25) is 0 Å². The van der Waals surface area contributed by atoms with Crippen molar-refractivity contribution in [1.29, 1.82) is 0 Å². The molecule has 0 aromatic rings. The summed E-state index contributed by atoms with van der Waals surface area (Å²) in [5.41, 5.74) is 0.807. The molecule has 0 saturated heterocycles. The van der Waals surface area contributed by atoms with E-state index in [4.69, 9.17) is 0 Å². The smallest absolute Gasteiger partial charge is 0.0777 e. The Hall–Kier alpha value is -0.900. The van der Waals surface area contributed by atoms with E-state index in [1.54, 1.807) is 0 Å². The van der Waals surface area contributed by atoms with E-state index in [1.165, 1.54) is 19.3 Å². The van der Waals surface area contributed by atoms with Crippen LogP contribution < -0.4 is 5.32 Å². The van der Waals surface area contributed by atoms with Crippen molar-refractivity contribution in [3.05, 3.63) is 12.3 Å². The van der Waals surface area contributed by atoms with Gasteiger partial charge in [0.15, 0.2) is 0 Å². The van der Waals surface area contributed by atoms with Gasteiger partial charge in [0.2, 0.25) is 0 Å². The molecule has 0 atom stereocenters. The SMILES string of the molecule is C=C(C#CCCCCC)NC. The second-order valence-electron chi connectivity index (χ2n) is 2.49. The first-order chi connectivity index (χ1) is 5.31. The Morgan fingerprint density at radius 1 is 1.45 bits per heavy atom. The normalized spacial score (nSPS) is 8.18. The van der Waals surface area contributed by atoms with Crippen LogP contribution in [0.15, 0.2) is 12.3 Å². The fourth-order valence-electron chi connectivity index (χ4n) is 0.695. The maximum absolute atomic E-state index is 3.71. The molecular weight excluding hydrogens is 134 g/mol. The maximum Gasteiger partial charge on any atom is 0.0777 e. The van der Waals surface area contributed by atoms with Crippen molar-refractivity contribution in [1.82, 2.24) is 5.32 Å². The molecule has 0 saturated carbocycles. The van der Waals surface area contributed by atoms with Crippen LogP contribution in [-0.2, 0) is 0 Å². The number of nitrogens with one attached hydrogen (secondary N) is 1. The van der Waals surface area contributed by atoms with Gasteiger partial charge in [0, 0.05) is 13.5 Å². The zero-order valence-electron chi connectivity index (χ0n) is 7.54. The summed E-state index contributed by atoms with van der Waals surface area (Å²) >= 11 is 0. The minimum atomic E-state index is 0.807. The van der Waals surface area contributed by atoms with Crippen LogP contribution in [0.3, 0.4) is 0 Å². The van der Waals surface area contributed by atoms with Crippen LogP contribution in [0.2, 0.25) is 0 Å². The van der Waals surface area contributed by atoms with Crippen molar-refractivity contribution >= 4 is 0 Å². The summed E-state index contributed by atoms with van der Waals surface area (Å²) in [6.07, 6.45) is 4.74. The Kier molecular flexibility index (Phi) is 6.62. The Bertz CT molecular complexity index is 159. The summed E-state index contributed by atoms with van der Waals surface area (Å²) in [5, 5.41) is 2.89. The van der Waals surface area contributed by atoms with Crippen molar-refractivity contribution in [3.8, 4) is 11.8 Å². The molecule has 1 heteroatoms. The summed E-state index contributed by atoms with van der Waals surface area (Å²) in [6.45, 7) is 5.90. The lowest BCUT2D eigenvalue weighted by molar-refractivity contribution is 0.737. The highest BCUT2D eigenvalue weighted by Gasteiger charge is 1.81.